The molecule has 3 rings (SSSR count). The standard InChI is InChI=1S/C16H12ClNO/c17-16-14(6-3-9-18-16)11-19-15-8-7-12-4-1-2-5-13(12)10-15/h1-10H,11H2. The van der Waals surface area contributed by atoms with Gasteiger partial charge in [-0.2, -0.15) is 0 Å². The topological polar surface area (TPSA) is 22.1 Å². The summed E-state index contributed by atoms with van der Waals surface area (Å²) in [6, 6.07) is 18.0. The molecule has 0 N–H and O–H groups in total. The summed E-state index contributed by atoms with van der Waals surface area (Å²) in [6.07, 6.45) is 1.67. The second kappa shape index (κ2) is 5.29. The Balaban J connectivity index is 1.80. The number of halogens is 1. The Morgan fingerprint density at radius 1 is 0.947 bits per heavy atom. The van der Waals surface area contributed by atoms with E-state index in [9.17, 15) is 0 Å². The molecule has 0 saturated heterocycles. The first-order valence-electron chi connectivity index (χ1n) is 6.04. The van der Waals surface area contributed by atoms with Crippen LogP contribution < -0.4 is 4.74 Å². The fraction of sp³-hybridized carbons (Fsp3) is 0.0625. The van der Waals surface area contributed by atoms with Crippen molar-refractivity contribution in [1.82, 2.24) is 4.98 Å². The minimum absolute atomic E-state index is 0.422. The van der Waals surface area contributed by atoms with Gasteiger partial charge in [0, 0.05) is 11.8 Å². The number of rotatable bonds is 3. The van der Waals surface area contributed by atoms with Gasteiger partial charge in [0.15, 0.2) is 0 Å². The maximum absolute atomic E-state index is 5.99. The van der Waals surface area contributed by atoms with Crippen LogP contribution in [0.3, 0.4) is 0 Å². The zero-order valence-electron chi connectivity index (χ0n) is 10.2. The molecule has 94 valence electrons. The Labute approximate surface area is 116 Å². The van der Waals surface area contributed by atoms with Crippen molar-refractivity contribution in [3.63, 3.8) is 0 Å². The Kier molecular flexibility index (Phi) is 3.34. The van der Waals surface area contributed by atoms with Gasteiger partial charge in [0.2, 0.25) is 0 Å². The fourth-order valence-electron chi connectivity index (χ4n) is 1.95. The molecule has 0 amide bonds. The highest BCUT2D eigenvalue weighted by Crippen LogP contribution is 2.22. The lowest BCUT2D eigenvalue weighted by atomic mass is 10.1. The van der Waals surface area contributed by atoms with E-state index in [1.807, 2.05) is 36.4 Å². The zero-order valence-corrected chi connectivity index (χ0v) is 11.0. The normalized spacial score (nSPS) is 10.6. The lowest BCUT2D eigenvalue weighted by Crippen LogP contribution is -1.97. The Hall–Kier alpha value is -2.06. The highest BCUT2D eigenvalue weighted by Gasteiger charge is 2.02. The molecule has 0 aliphatic heterocycles. The molecule has 2 nitrogen and oxygen atoms in total. The van der Waals surface area contributed by atoms with Crippen molar-refractivity contribution in [3.05, 3.63) is 71.5 Å². The molecule has 0 bridgehead atoms. The number of pyridine rings is 1. The molecular weight excluding hydrogens is 258 g/mol. The first kappa shape index (κ1) is 12.0. The van der Waals surface area contributed by atoms with Crippen LogP contribution in [0.1, 0.15) is 5.56 Å². The summed E-state index contributed by atoms with van der Waals surface area (Å²) >= 11 is 5.99. The highest BCUT2D eigenvalue weighted by atomic mass is 35.5. The van der Waals surface area contributed by atoms with Gasteiger partial charge in [-0.05, 0) is 29.0 Å². The minimum atomic E-state index is 0.422. The second-order valence-electron chi connectivity index (χ2n) is 4.25. The molecule has 0 spiro atoms. The van der Waals surface area contributed by atoms with Gasteiger partial charge in [-0.15, -0.1) is 0 Å². The van der Waals surface area contributed by atoms with Crippen molar-refractivity contribution in [1.29, 1.82) is 0 Å². The molecule has 1 heterocycles. The molecular formula is C16H12ClNO. The SMILES string of the molecule is Clc1ncccc1COc1ccc2ccccc2c1. The van der Waals surface area contributed by atoms with Crippen molar-refractivity contribution >= 4 is 22.4 Å². The van der Waals surface area contributed by atoms with Crippen LogP contribution in [0.5, 0.6) is 5.75 Å². The van der Waals surface area contributed by atoms with E-state index >= 15 is 0 Å². The molecule has 2 aromatic carbocycles. The summed E-state index contributed by atoms with van der Waals surface area (Å²) in [4.78, 5) is 4.03. The average Bonchev–Trinajstić information content (AvgIpc) is 2.46. The molecule has 19 heavy (non-hydrogen) atoms. The number of fused-ring (bicyclic) bond motifs is 1. The van der Waals surface area contributed by atoms with Crippen molar-refractivity contribution < 1.29 is 4.74 Å². The van der Waals surface area contributed by atoms with E-state index in [0.29, 0.717) is 11.8 Å². The monoisotopic (exact) mass is 269 g/mol. The number of hydrogen-bond donors (Lipinski definition) is 0. The fourth-order valence-corrected chi connectivity index (χ4v) is 2.12. The molecule has 0 aliphatic carbocycles. The lowest BCUT2D eigenvalue weighted by Gasteiger charge is -2.08. The first-order chi connectivity index (χ1) is 9.33. The molecule has 0 atom stereocenters. The van der Waals surface area contributed by atoms with E-state index in [1.165, 1.54) is 5.39 Å². The van der Waals surface area contributed by atoms with E-state index in [2.05, 4.69) is 23.2 Å². The third-order valence-electron chi connectivity index (χ3n) is 2.95. The van der Waals surface area contributed by atoms with Gasteiger partial charge in [0.25, 0.3) is 0 Å². The summed E-state index contributed by atoms with van der Waals surface area (Å²) in [5.74, 6) is 0.832. The van der Waals surface area contributed by atoms with Gasteiger partial charge < -0.3 is 4.74 Å². The van der Waals surface area contributed by atoms with Gasteiger partial charge in [-0.3, -0.25) is 0 Å². The molecule has 1 aromatic heterocycles. The number of nitrogens with zero attached hydrogens (tertiary/aromatic N) is 1. The number of ether oxygens (including phenoxy) is 1. The van der Waals surface area contributed by atoms with Crippen LogP contribution in [0.15, 0.2) is 60.8 Å². The summed E-state index contributed by atoms with van der Waals surface area (Å²) in [6.45, 7) is 0.422. The Morgan fingerprint density at radius 2 is 1.79 bits per heavy atom. The van der Waals surface area contributed by atoms with Crippen LogP contribution in [0.25, 0.3) is 10.8 Å². The number of benzene rings is 2. The van der Waals surface area contributed by atoms with Crippen LogP contribution in [-0.4, -0.2) is 4.98 Å². The Morgan fingerprint density at radius 3 is 2.63 bits per heavy atom. The molecule has 0 unspecified atom stereocenters. The third kappa shape index (κ3) is 2.69. The summed E-state index contributed by atoms with van der Waals surface area (Å²) in [5.41, 5.74) is 0.886. The van der Waals surface area contributed by atoms with Crippen molar-refractivity contribution in [3.8, 4) is 5.75 Å². The minimum Gasteiger partial charge on any atom is -0.489 e. The number of aromatic nitrogens is 1. The van der Waals surface area contributed by atoms with E-state index in [4.69, 9.17) is 16.3 Å². The maximum Gasteiger partial charge on any atom is 0.135 e. The third-order valence-corrected chi connectivity index (χ3v) is 3.29. The molecule has 3 aromatic rings. The van der Waals surface area contributed by atoms with Crippen LogP contribution in [-0.2, 0) is 6.61 Å². The van der Waals surface area contributed by atoms with Gasteiger partial charge in [-0.25, -0.2) is 4.98 Å². The Bertz CT molecular complexity index is 712. The van der Waals surface area contributed by atoms with Crippen LogP contribution >= 0.6 is 11.6 Å². The molecule has 3 heteroatoms. The van der Waals surface area contributed by atoms with Crippen molar-refractivity contribution in [2.75, 3.05) is 0 Å². The summed E-state index contributed by atoms with van der Waals surface area (Å²) in [5, 5.41) is 2.86. The van der Waals surface area contributed by atoms with Crippen LogP contribution in [0, 0.1) is 0 Å². The predicted molar refractivity (Wildman–Crippen MR) is 77.5 cm³/mol. The summed E-state index contributed by atoms with van der Waals surface area (Å²) in [7, 11) is 0. The number of hydrogen-bond acceptors (Lipinski definition) is 2. The summed E-state index contributed by atoms with van der Waals surface area (Å²) < 4.78 is 5.76. The van der Waals surface area contributed by atoms with E-state index in [1.54, 1.807) is 6.20 Å². The van der Waals surface area contributed by atoms with Gasteiger partial charge in [0.05, 0.1) is 0 Å². The van der Waals surface area contributed by atoms with Crippen LogP contribution in [0.2, 0.25) is 5.15 Å². The van der Waals surface area contributed by atoms with Crippen molar-refractivity contribution in [2.45, 2.75) is 6.61 Å². The van der Waals surface area contributed by atoms with E-state index in [0.717, 1.165) is 16.7 Å². The lowest BCUT2D eigenvalue weighted by molar-refractivity contribution is 0.306. The molecule has 0 saturated carbocycles. The van der Waals surface area contributed by atoms with Gasteiger partial charge in [-0.1, -0.05) is 48.0 Å². The first-order valence-corrected chi connectivity index (χ1v) is 6.42. The molecule has 0 radical (unpaired) electrons. The quantitative estimate of drug-likeness (QED) is 0.655. The predicted octanol–water partition coefficient (Wildman–Crippen LogP) is 4.47. The second-order valence-corrected chi connectivity index (χ2v) is 4.61. The van der Waals surface area contributed by atoms with Crippen molar-refractivity contribution in [2.24, 2.45) is 0 Å². The highest BCUT2D eigenvalue weighted by molar-refractivity contribution is 6.30. The smallest absolute Gasteiger partial charge is 0.135 e. The van der Waals surface area contributed by atoms with Crippen LogP contribution in [0.4, 0.5) is 0 Å². The van der Waals surface area contributed by atoms with E-state index < -0.39 is 0 Å². The molecule has 0 aliphatic rings. The van der Waals surface area contributed by atoms with Gasteiger partial charge in [0.1, 0.15) is 17.5 Å². The maximum atomic E-state index is 5.99. The zero-order chi connectivity index (χ0) is 13.1. The molecule has 0 fully saturated rings. The van der Waals surface area contributed by atoms with Gasteiger partial charge >= 0.3 is 0 Å². The van der Waals surface area contributed by atoms with E-state index in [-0.39, 0.29) is 0 Å². The largest absolute Gasteiger partial charge is 0.489 e. The average molecular weight is 270 g/mol.